The van der Waals surface area contributed by atoms with Gasteiger partial charge in [0, 0.05) is 50.3 Å². The summed E-state index contributed by atoms with van der Waals surface area (Å²) in [6.45, 7) is 1.80. The molecule has 0 radical (unpaired) electrons. The van der Waals surface area contributed by atoms with E-state index in [-0.39, 0.29) is 23.1 Å². The topological polar surface area (TPSA) is 78.6 Å². The summed E-state index contributed by atoms with van der Waals surface area (Å²) in [6.07, 6.45) is 2.02. The fourth-order valence-corrected chi connectivity index (χ4v) is 2.48. The van der Waals surface area contributed by atoms with Crippen molar-refractivity contribution in [2.24, 2.45) is 5.92 Å². The second-order valence-electron chi connectivity index (χ2n) is 4.88. The molecule has 19 heavy (non-hydrogen) atoms. The van der Waals surface area contributed by atoms with Crippen LogP contribution in [0.5, 0.6) is 0 Å². The van der Waals surface area contributed by atoms with Gasteiger partial charge in [-0.05, 0) is 24.8 Å². The first kappa shape index (κ1) is 13.6. The molecule has 0 aliphatic carbocycles. The lowest BCUT2D eigenvalue weighted by Gasteiger charge is -2.33. The maximum absolute atomic E-state index is 10.9. The summed E-state index contributed by atoms with van der Waals surface area (Å²) < 4.78 is 0. The highest BCUT2D eigenvalue weighted by Crippen LogP contribution is 2.29. The van der Waals surface area contributed by atoms with Crippen LogP contribution in [-0.4, -0.2) is 36.8 Å². The van der Waals surface area contributed by atoms with Crippen LogP contribution < -0.4 is 10.2 Å². The minimum absolute atomic E-state index is 0.0907. The highest BCUT2D eigenvalue weighted by atomic mass is 16.6. The van der Waals surface area contributed by atoms with Crippen LogP contribution in [0.15, 0.2) is 18.2 Å². The normalized spacial score (nSPS) is 19.3. The summed E-state index contributed by atoms with van der Waals surface area (Å²) in [5.74, 6) is 0.256. The van der Waals surface area contributed by atoms with E-state index in [1.165, 1.54) is 6.07 Å². The van der Waals surface area contributed by atoms with Crippen molar-refractivity contribution in [2.45, 2.75) is 12.8 Å². The second kappa shape index (κ2) is 5.88. The molecular formula is C13H19N3O3. The summed E-state index contributed by atoms with van der Waals surface area (Å²) in [7, 11) is 1.75. The Bertz CT molecular complexity index is 464. The average molecular weight is 265 g/mol. The molecule has 1 fully saturated rings. The van der Waals surface area contributed by atoms with Crippen LogP contribution in [0.2, 0.25) is 0 Å². The lowest BCUT2D eigenvalue weighted by Crippen LogP contribution is -2.36. The molecule has 0 spiro atoms. The number of hydrogen-bond donors (Lipinski definition) is 2. The van der Waals surface area contributed by atoms with E-state index in [4.69, 9.17) is 0 Å². The zero-order chi connectivity index (χ0) is 13.8. The van der Waals surface area contributed by atoms with Gasteiger partial charge in [0.05, 0.1) is 4.92 Å². The lowest BCUT2D eigenvalue weighted by atomic mass is 9.98. The smallest absolute Gasteiger partial charge is 0.273 e. The Morgan fingerprint density at radius 2 is 2.32 bits per heavy atom. The van der Waals surface area contributed by atoms with Crippen LogP contribution in [0.25, 0.3) is 0 Å². The van der Waals surface area contributed by atoms with Crippen molar-refractivity contribution in [1.82, 2.24) is 0 Å². The number of nitro benzene ring substituents is 1. The van der Waals surface area contributed by atoms with Crippen molar-refractivity contribution in [3.05, 3.63) is 28.3 Å². The number of piperidine rings is 1. The van der Waals surface area contributed by atoms with Crippen LogP contribution in [0, 0.1) is 16.0 Å². The molecule has 1 aromatic rings. The maximum atomic E-state index is 10.9. The number of nitro groups is 1. The Kier molecular flexibility index (Phi) is 4.21. The zero-order valence-corrected chi connectivity index (χ0v) is 11.0. The SMILES string of the molecule is CNc1cc(N2CCCC(CO)C2)cc([N+](=O)[O-])c1. The molecule has 1 saturated heterocycles. The van der Waals surface area contributed by atoms with Crippen LogP contribution in [0.1, 0.15) is 12.8 Å². The Balaban J connectivity index is 2.27. The van der Waals surface area contributed by atoms with Gasteiger partial charge in [-0.15, -0.1) is 0 Å². The highest BCUT2D eigenvalue weighted by Gasteiger charge is 2.21. The third-order valence-corrected chi connectivity index (χ3v) is 3.54. The molecule has 1 aliphatic heterocycles. The number of nitrogens with zero attached hydrogens (tertiary/aromatic N) is 2. The van der Waals surface area contributed by atoms with E-state index in [1.54, 1.807) is 13.1 Å². The molecule has 104 valence electrons. The minimum Gasteiger partial charge on any atom is -0.396 e. The fraction of sp³-hybridized carbons (Fsp3) is 0.538. The number of hydrogen-bond acceptors (Lipinski definition) is 5. The molecule has 2 rings (SSSR count). The number of nitrogens with one attached hydrogen (secondary N) is 1. The summed E-state index contributed by atoms with van der Waals surface area (Å²) in [6, 6.07) is 5.03. The molecule has 0 aromatic heterocycles. The van der Waals surface area contributed by atoms with Crippen molar-refractivity contribution in [2.75, 3.05) is 37.0 Å². The van der Waals surface area contributed by atoms with Crippen molar-refractivity contribution in [3.8, 4) is 0 Å². The Hall–Kier alpha value is -1.82. The third-order valence-electron chi connectivity index (χ3n) is 3.54. The molecule has 2 N–H and O–H groups in total. The molecule has 6 heteroatoms. The first-order chi connectivity index (χ1) is 9.13. The summed E-state index contributed by atoms with van der Waals surface area (Å²) >= 11 is 0. The monoisotopic (exact) mass is 265 g/mol. The summed E-state index contributed by atoms with van der Waals surface area (Å²) in [4.78, 5) is 12.7. The van der Waals surface area contributed by atoms with Crippen molar-refractivity contribution in [1.29, 1.82) is 0 Å². The van der Waals surface area contributed by atoms with E-state index in [2.05, 4.69) is 10.2 Å². The van der Waals surface area contributed by atoms with E-state index < -0.39 is 0 Å². The second-order valence-corrected chi connectivity index (χ2v) is 4.88. The van der Waals surface area contributed by atoms with Crippen LogP contribution >= 0.6 is 0 Å². The van der Waals surface area contributed by atoms with E-state index in [0.717, 1.165) is 37.3 Å². The van der Waals surface area contributed by atoms with E-state index >= 15 is 0 Å². The Morgan fingerprint density at radius 3 is 2.95 bits per heavy atom. The van der Waals surface area contributed by atoms with Crippen molar-refractivity contribution >= 4 is 17.1 Å². The molecule has 1 atom stereocenters. The summed E-state index contributed by atoms with van der Waals surface area (Å²) in [5.41, 5.74) is 1.67. The standard InChI is InChI=1S/C13H19N3O3/c1-14-11-5-12(7-13(6-11)16(18)19)15-4-2-3-10(8-15)9-17/h5-7,10,14,17H,2-4,8-9H2,1H3. The predicted molar refractivity (Wildman–Crippen MR) is 74.7 cm³/mol. The number of aliphatic hydroxyl groups excluding tert-OH is 1. The largest absolute Gasteiger partial charge is 0.396 e. The van der Waals surface area contributed by atoms with Crippen LogP contribution in [0.3, 0.4) is 0 Å². The van der Waals surface area contributed by atoms with Gasteiger partial charge in [0.25, 0.3) is 5.69 Å². The predicted octanol–water partition coefficient (Wildman–Crippen LogP) is 1.85. The van der Waals surface area contributed by atoms with Crippen LogP contribution in [-0.2, 0) is 0 Å². The lowest BCUT2D eigenvalue weighted by molar-refractivity contribution is -0.384. The quantitative estimate of drug-likeness (QED) is 0.641. The van der Waals surface area contributed by atoms with Gasteiger partial charge >= 0.3 is 0 Å². The number of non-ortho nitro benzene ring substituents is 1. The van der Waals surface area contributed by atoms with Gasteiger partial charge in [-0.1, -0.05) is 0 Å². The average Bonchev–Trinajstić information content (AvgIpc) is 2.46. The van der Waals surface area contributed by atoms with Gasteiger partial charge in [-0.25, -0.2) is 0 Å². The van der Waals surface area contributed by atoms with Crippen LogP contribution in [0.4, 0.5) is 17.1 Å². The van der Waals surface area contributed by atoms with E-state index in [1.807, 2.05) is 6.07 Å². The molecule has 1 aromatic carbocycles. The molecule has 0 saturated carbocycles. The third kappa shape index (κ3) is 3.14. The zero-order valence-electron chi connectivity index (χ0n) is 11.0. The molecule has 0 amide bonds. The highest BCUT2D eigenvalue weighted by molar-refractivity contribution is 5.64. The van der Waals surface area contributed by atoms with Crippen molar-refractivity contribution < 1.29 is 10.0 Å². The number of benzene rings is 1. The first-order valence-electron chi connectivity index (χ1n) is 6.47. The molecule has 1 unspecified atom stereocenters. The number of anilines is 2. The van der Waals surface area contributed by atoms with Gasteiger partial charge in [0.1, 0.15) is 0 Å². The van der Waals surface area contributed by atoms with Gasteiger partial charge in [-0.3, -0.25) is 10.1 Å². The Labute approximate surface area is 112 Å². The maximum Gasteiger partial charge on any atom is 0.273 e. The van der Waals surface area contributed by atoms with Gasteiger partial charge in [0.15, 0.2) is 0 Å². The van der Waals surface area contributed by atoms with E-state index in [0.29, 0.717) is 0 Å². The molecule has 1 aliphatic rings. The van der Waals surface area contributed by atoms with Gasteiger partial charge < -0.3 is 15.3 Å². The van der Waals surface area contributed by atoms with Gasteiger partial charge in [0.2, 0.25) is 0 Å². The molecule has 1 heterocycles. The Morgan fingerprint density at radius 1 is 1.53 bits per heavy atom. The van der Waals surface area contributed by atoms with Crippen molar-refractivity contribution in [3.63, 3.8) is 0 Å². The van der Waals surface area contributed by atoms with E-state index in [9.17, 15) is 15.2 Å². The first-order valence-corrected chi connectivity index (χ1v) is 6.47. The molecular weight excluding hydrogens is 246 g/mol. The van der Waals surface area contributed by atoms with Gasteiger partial charge in [-0.2, -0.15) is 0 Å². The molecule has 6 nitrogen and oxygen atoms in total. The summed E-state index contributed by atoms with van der Waals surface area (Å²) in [5, 5.41) is 23.1. The number of aliphatic hydroxyl groups is 1. The molecule has 0 bridgehead atoms. The minimum atomic E-state index is -0.377. The number of rotatable bonds is 4. The fourth-order valence-electron chi connectivity index (χ4n) is 2.48.